The summed E-state index contributed by atoms with van der Waals surface area (Å²) in [5, 5.41) is 15.6. The van der Waals surface area contributed by atoms with E-state index in [2.05, 4.69) is 32.6 Å². The second kappa shape index (κ2) is 5.50. The summed E-state index contributed by atoms with van der Waals surface area (Å²) in [6.07, 6.45) is 0.166. The Morgan fingerprint density at radius 3 is 3.00 bits per heavy atom. The van der Waals surface area contributed by atoms with Crippen LogP contribution in [0.5, 0.6) is 0 Å². The van der Waals surface area contributed by atoms with Crippen LogP contribution in [-0.2, 0) is 4.74 Å². The Morgan fingerprint density at radius 2 is 2.29 bits per heavy atom. The highest BCUT2D eigenvalue weighted by atomic mass is 79.9. The molecule has 1 aliphatic rings. The maximum absolute atomic E-state index is 8.91. The minimum absolute atomic E-state index is 0.166. The lowest BCUT2D eigenvalue weighted by atomic mass is 10.1. The molecule has 0 amide bonds. The molecular formula is C12H14BrN3O. The second-order valence-electron chi connectivity index (χ2n) is 4.02. The Kier molecular flexibility index (Phi) is 4.00. The first-order valence-electron chi connectivity index (χ1n) is 5.43. The number of halogens is 1. The third-order valence-electron chi connectivity index (χ3n) is 2.84. The van der Waals surface area contributed by atoms with Gasteiger partial charge in [0.1, 0.15) is 0 Å². The van der Waals surface area contributed by atoms with Crippen molar-refractivity contribution < 1.29 is 4.74 Å². The number of nitrogens with one attached hydrogen (secondary N) is 2. The first-order chi connectivity index (χ1) is 8.22. The van der Waals surface area contributed by atoms with Gasteiger partial charge in [-0.05, 0) is 18.2 Å². The van der Waals surface area contributed by atoms with Crippen LogP contribution in [0.15, 0.2) is 22.7 Å². The van der Waals surface area contributed by atoms with Gasteiger partial charge in [-0.1, -0.05) is 15.9 Å². The summed E-state index contributed by atoms with van der Waals surface area (Å²) in [6, 6.07) is 7.98. The van der Waals surface area contributed by atoms with Gasteiger partial charge in [0.2, 0.25) is 0 Å². The molecule has 0 aromatic heterocycles. The van der Waals surface area contributed by atoms with Crippen LogP contribution >= 0.6 is 15.9 Å². The standard InChI is InChI=1S/C12H14BrN3O/c1-17-12-7-15-6-11(12)16-10-3-8(5-14)2-9(13)4-10/h2-4,11-12,15-16H,6-7H2,1H3/t11?,12-/m0/s1. The fraction of sp³-hybridized carbons (Fsp3) is 0.417. The minimum atomic E-state index is 0.166. The molecule has 1 unspecified atom stereocenters. The SMILES string of the molecule is CO[C@H]1CNCC1Nc1cc(Br)cc(C#N)c1. The topological polar surface area (TPSA) is 57.1 Å². The van der Waals surface area contributed by atoms with Gasteiger partial charge in [0.25, 0.3) is 0 Å². The van der Waals surface area contributed by atoms with Crippen molar-refractivity contribution in [2.45, 2.75) is 12.1 Å². The van der Waals surface area contributed by atoms with E-state index in [4.69, 9.17) is 10.00 Å². The molecule has 1 aromatic carbocycles. The maximum atomic E-state index is 8.91. The molecule has 90 valence electrons. The lowest BCUT2D eigenvalue weighted by Crippen LogP contribution is -2.33. The largest absolute Gasteiger partial charge is 0.378 e. The van der Waals surface area contributed by atoms with E-state index < -0.39 is 0 Å². The molecule has 0 aliphatic carbocycles. The number of nitriles is 1. The summed E-state index contributed by atoms with van der Waals surface area (Å²) in [5.74, 6) is 0. The van der Waals surface area contributed by atoms with E-state index >= 15 is 0 Å². The third kappa shape index (κ3) is 2.97. The summed E-state index contributed by atoms with van der Waals surface area (Å²) in [4.78, 5) is 0. The van der Waals surface area contributed by atoms with E-state index in [1.165, 1.54) is 0 Å². The zero-order valence-electron chi connectivity index (χ0n) is 9.53. The summed E-state index contributed by atoms with van der Waals surface area (Å²) < 4.78 is 6.28. The van der Waals surface area contributed by atoms with Crippen LogP contribution in [0.25, 0.3) is 0 Å². The Bertz CT molecular complexity index is 444. The van der Waals surface area contributed by atoms with Crippen LogP contribution in [-0.4, -0.2) is 32.3 Å². The fourth-order valence-corrected chi connectivity index (χ4v) is 2.49. The van der Waals surface area contributed by atoms with Gasteiger partial charge in [0.05, 0.1) is 23.8 Å². The predicted molar refractivity (Wildman–Crippen MR) is 69.9 cm³/mol. The predicted octanol–water partition coefficient (Wildman–Crippen LogP) is 1.72. The first kappa shape index (κ1) is 12.4. The molecule has 1 aromatic rings. The minimum Gasteiger partial charge on any atom is -0.378 e. The third-order valence-corrected chi connectivity index (χ3v) is 3.30. The lowest BCUT2D eigenvalue weighted by Gasteiger charge is -2.20. The van der Waals surface area contributed by atoms with E-state index in [9.17, 15) is 0 Å². The lowest BCUT2D eigenvalue weighted by molar-refractivity contribution is 0.111. The molecule has 17 heavy (non-hydrogen) atoms. The van der Waals surface area contributed by atoms with Crippen LogP contribution in [0.2, 0.25) is 0 Å². The second-order valence-corrected chi connectivity index (χ2v) is 4.94. The molecule has 5 heteroatoms. The van der Waals surface area contributed by atoms with Crippen molar-refractivity contribution in [3.8, 4) is 6.07 Å². The van der Waals surface area contributed by atoms with Crippen molar-refractivity contribution in [2.24, 2.45) is 0 Å². The zero-order valence-corrected chi connectivity index (χ0v) is 11.1. The number of hydrogen-bond acceptors (Lipinski definition) is 4. The molecule has 0 bridgehead atoms. The molecule has 0 radical (unpaired) electrons. The summed E-state index contributed by atoms with van der Waals surface area (Å²) in [6.45, 7) is 1.72. The molecule has 1 aliphatic heterocycles. The van der Waals surface area contributed by atoms with E-state index in [1.807, 2.05) is 12.1 Å². The van der Waals surface area contributed by atoms with Crippen LogP contribution in [0.1, 0.15) is 5.56 Å². The van der Waals surface area contributed by atoms with Gasteiger partial charge < -0.3 is 15.4 Å². The summed E-state index contributed by atoms with van der Waals surface area (Å²) in [7, 11) is 1.72. The first-order valence-corrected chi connectivity index (χ1v) is 6.23. The Hall–Kier alpha value is -1.09. The van der Waals surface area contributed by atoms with Gasteiger partial charge in [-0.2, -0.15) is 5.26 Å². The summed E-state index contributed by atoms with van der Waals surface area (Å²) in [5.41, 5.74) is 1.58. The van der Waals surface area contributed by atoms with E-state index in [0.29, 0.717) is 5.56 Å². The van der Waals surface area contributed by atoms with Crippen molar-refractivity contribution in [3.05, 3.63) is 28.2 Å². The van der Waals surface area contributed by atoms with Gasteiger partial charge >= 0.3 is 0 Å². The molecular weight excluding hydrogens is 282 g/mol. The molecule has 2 N–H and O–H groups in total. The van der Waals surface area contributed by atoms with E-state index in [1.54, 1.807) is 13.2 Å². The van der Waals surface area contributed by atoms with Gasteiger partial charge in [-0.15, -0.1) is 0 Å². The fourth-order valence-electron chi connectivity index (χ4n) is 2.00. The zero-order chi connectivity index (χ0) is 12.3. The quantitative estimate of drug-likeness (QED) is 0.891. The van der Waals surface area contributed by atoms with Crippen molar-refractivity contribution in [1.29, 1.82) is 5.26 Å². The number of benzene rings is 1. The normalized spacial score (nSPS) is 23.4. The van der Waals surface area contributed by atoms with E-state index in [-0.39, 0.29) is 12.1 Å². The molecule has 4 nitrogen and oxygen atoms in total. The van der Waals surface area contributed by atoms with Crippen molar-refractivity contribution in [2.75, 3.05) is 25.5 Å². The number of anilines is 1. The average Bonchev–Trinajstić information content (AvgIpc) is 2.75. The molecule has 0 saturated carbocycles. The molecule has 2 rings (SSSR count). The highest BCUT2D eigenvalue weighted by molar-refractivity contribution is 9.10. The average molecular weight is 296 g/mol. The maximum Gasteiger partial charge on any atom is 0.0992 e. The monoisotopic (exact) mass is 295 g/mol. The van der Waals surface area contributed by atoms with Crippen molar-refractivity contribution in [3.63, 3.8) is 0 Å². The van der Waals surface area contributed by atoms with Crippen LogP contribution in [0.4, 0.5) is 5.69 Å². The van der Waals surface area contributed by atoms with E-state index in [0.717, 1.165) is 23.2 Å². The number of hydrogen-bond donors (Lipinski definition) is 2. The van der Waals surface area contributed by atoms with Gasteiger partial charge in [0.15, 0.2) is 0 Å². The molecule has 1 saturated heterocycles. The van der Waals surface area contributed by atoms with Crippen molar-refractivity contribution >= 4 is 21.6 Å². The van der Waals surface area contributed by atoms with Gasteiger partial charge in [-0.3, -0.25) is 0 Å². The van der Waals surface area contributed by atoms with Gasteiger partial charge in [0, 0.05) is 30.4 Å². The van der Waals surface area contributed by atoms with Crippen LogP contribution in [0.3, 0.4) is 0 Å². The number of methoxy groups -OCH3 is 1. The van der Waals surface area contributed by atoms with Crippen molar-refractivity contribution in [1.82, 2.24) is 5.32 Å². The Labute approximate surface area is 109 Å². The van der Waals surface area contributed by atoms with Crippen LogP contribution < -0.4 is 10.6 Å². The molecule has 1 fully saturated rings. The number of rotatable bonds is 3. The molecule has 0 spiro atoms. The highest BCUT2D eigenvalue weighted by Crippen LogP contribution is 2.21. The number of nitrogens with zero attached hydrogens (tertiary/aromatic N) is 1. The molecule has 1 heterocycles. The Morgan fingerprint density at radius 1 is 1.47 bits per heavy atom. The molecule has 2 atom stereocenters. The van der Waals surface area contributed by atoms with Crippen LogP contribution in [0, 0.1) is 11.3 Å². The Balaban J connectivity index is 2.13. The summed E-state index contributed by atoms with van der Waals surface area (Å²) >= 11 is 3.40. The highest BCUT2D eigenvalue weighted by Gasteiger charge is 2.26. The number of ether oxygens (including phenoxy) is 1. The smallest absolute Gasteiger partial charge is 0.0992 e. The van der Waals surface area contributed by atoms with Gasteiger partial charge in [-0.25, -0.2) is 0 Å².